The normalized spacial score (nSPS) is 13.4. The van der Waals surface area contributed by atoms with Crippen LogP contribution >= 0.6 is 0 Å². The molecule has 0 atom stereocenters. The molecule has 4 aromatic rings. The molecular weight excluding hydrogens is 497 g/mol. The molecule has 2 aliphatic rings. The Morgan fingerprint density at radius 3 is 2.21 bits per heavy atom. The second kappa shape index (κ2) is 11.4. The minimum absolute atomic E-state index is 0.246. The number of ether oxygens (including phenoxy) is 4. The van der Waals surface area contributed by atoms with Crippen LogP contribution in [0, 0.1) is 5.82 Å². The van der Waals surface area contributed by atoms with E-state index in [4.69, 9.17) is 23.9 Å². The van der Waals surface area contributed by atoms with Crippen molar-refractivity contribution >= 4 is 0 Å². The van der Waals surface area contributed by atoms with Crippen molar-refractivity contribution in [3.05, 3.63) is 89.5 Å². The van der Waals surface area contributed by atoms with Crippen molar-refractivity contribution in [2.45, 2.75) is 45.8 Å². The third kappa shape index (κ3) is 5.71. The van der Waals surface area contributed by atoms with Crippen LogP contribution in [0.25, 0.3) is 11.4 Å². The molecule has 0 radical (unpaired) electrons. The van der Waals surface area contributed by atoms with E-state index in [9.17, 15) is 4.39 Å². The predicted octanol–water partition coefficient (Wildman–Crippen LogP) is 6.19. The minimum atomic E-state index is -0.246. The Labute approximate surface area is 227 Å². The molecule has 7 nitrogen and oxygen atoms in total. The average molecular weight is 530 g/mol. The molecule has 202 valence electrons. The van der Waals surface area contributed by atoms with Crippen LogP contribution in [0.2, 0.25) is 0 Å². The first-order valence-corrected chi connectivity index (χ1v) is 13.5. The molecule has 0 aliphatic carbocycles. The van der Waals surface area contributed by atoms with E-state index in [0.717, 1.165) is 91.1 Å². The van der Waals surface area contributed by atoms with Gasteiger partial charge in [-0.05, 0) is 72.5 Å². The molecule has 0 unspecified atom stereocenters. The summed E-state index contributed by atoms with van der Waals surface area (Å²) in [6.07, 6.45) is 4.93. The summed E-state index contributed by atoms with van der Waals surface area (Å²) in [4.78, 5) is 7.21. The highest BCUT2D eigenvalue weighted by molar-refractivity contribution is 5.56. The van der Waals surface area contributed by atoms with Crippen molar-refractivity contribution in [2.24, 2.45) is 0 Å². The number of hydrogen-bond donors (Lipinski definition) is 0. The van der Waals surface area contributed by atoms with Crippen molar-refractivity contribution < 1.29 is 23.3 Å². The summed E-state index contributed by atoms with van der Waals surface area (Å²) in [5.74, 6) is 3.80. The Morgan fingerprint density at radius 2 is 1.49 bits per heavy atom. The standard InChI is InChI=1S/C31H32FN3O4/c1-2-3-13-35-26(17-33-31(35)24-6-8-25(32)9-7-24)19-34(18-23-5-11-28-30(16-23)39-21-37-28)14-12-22-4-10-27-29(15-22)38-20-36-27/h4-11,15-17H,2-3,12-14,18-21H2,1H3. The van der Waals surface area contributed by atoms with E-state index >= 15 is 0 Å². The van der Waals surface area contributed by atoms with Crippen LogP contribution in [0.4, 0.5) is 4.39 Å². The predicted molar refractivity (Wildman–Crippen MR) is 145 cm³/mol. The maximum atomic E-state index is 13.6. The highest BCUT2D eigenvalue weighted by Gasteiger charge is 2.19. The fraction of sp³-hybridized carbons (Fsp3) is 0.323. The zero-order valence-corrected chi connectivity index (χ0v) is 22.1. The minimum Gasteiger partial charge on any atom is -0.454 e. The van der Waals surface area contributed by atoms with E-state index in [1.165, 1.54) is 17.7 Å². The summed E-state index contributed by atoms with van der Waals surface area (Å²) < 4.78 is 38.1. The molecule has 2 aliphatic heterocycles. The van der Waals surface area contributed by atoms with Gasteiger partial charge in [-0.15, -0.1) is 0 Å². The number of fused-ring (bicyclic) bond motifs is 2. The number of hydrogen-bond acceptors (Lipinski definition) is 6. The molecule has 0 bridgehead atoms. The topological polar surface area (TPSA) is 58.0 Å². The van der Waals surface area contributed by atoms with E-state index in [0.29, 0.717) is 0 Å². The van der Waals surface area contributed by atoms with Gasteiger partial charge in [-0.2, -0.15) is 0 Å². The zero-order valence-electron chi connectivity index (χ0n) is 22.1. The molecule has 3 heterocycles. The van der Waals surface area contributed by atoms with E-state index in [-0.39, 0.29) is 19.4 Å². The number of imidazole rings is 1. The lowest BCUT2D eigenvalue weighted by Crippen LogP contribution is -2.27. The molecule has 8 heteroatoms. The lowest BCUT2D eigenvalue weighted by Gasteiger charge is -2.24. The first kappa shape index (κ1) is 25.2. The summed E-state index contributed by atoms with van der Waals surface area (Å²) in [5, 5.41) is 0. The Hall–Kier alpha value is -4.04. The summed E-state index contributed by atoms with van der Waals surface area (Å²) in [7, 11) is 0. The van der Waals surface area contributed by atoms with Gasteiger partial charge in [-0.25, -0.2) is 9.37 Å². The van der Waals surface area contributed by atoms with Crippen LogP contribution < -0.4 is 18.9 Å². The van der Waals surface area contributed by atoms with Crippen LogP contribution in [0.3, 0.4) is 0 Å². The largest absolute Gasteiger partial charge is 0.454 e. The third-order valence-corrected chi connectivity index (χ3v) is 7.16. The van der Waals surface area contributed by atoms with Gasteiger partial charge in [0.2, 0.25) is 13.6 Å². The number of rotatable bonds is 11. The van der Waals surface area contributed by atoms with Crippen LogP contribution in [-0.4, -0.2) is 34.6 Å². The van der Waals surface area contributed by atoms with Gasteiger partial charge in [0.1, 0.15) is 11.6 Å². The van der Waals surface area contributed by atoms with E-state index in [2.05, 4.69) is 40.7 Å². The van der Waals surface area contributed by atoms with Crippen molar-refractivity contribution in [3.63, 3.8) is 0 Å². The Balaban J connectivity index is 1.26. The van der Waals surface area contributed by atoms with Crippen LogP contribution in [0.1, 0.15) is 36.6 Å². The average Bonchev–Trinajstić information content (AvgIpc) is 3.70. The molecule has 0 fully saturated rings. The molecule has 0 spiro atoms. The lowest BCUT2D eigenvalue weighted by atomic mass is 10.1. The summed E-state index contributed by atoms with van der Waals surface area (Å²) in [6.45, 7) is 5.87. The van der Waals surface area contributed by atoms with Crippen molar-refractivity contribution in [3.8, 4) is 34.4 Å². The van der Waals surface area contributed by atoms with Gasteiger partial charge in [-0.1, -0.05) is 25.5 Å². The second-order valence-corrected chi connectivity index (χ2v) is 9.92. The number of nitrogens with zero attached hydrogens (tertiary/aromatic N) is 3. The first-order valence-electron chi connectivity index (χ1n) is 13.5. The van der Waals surface area contributed by atoms with Crippen molar-refractivity contribution in [1.29, 1.82) is 0 Å². The molecule has 0 N–H and O–H groups in total. The summed E-state index contributed by atoms with van der Waals surface area (Å²) in [5.41, 5.74) is 4.40. The van der Waals surface area contributed by atoms with E-state index < -0.39 is 0 Å². The third-order valence-electron chi connectivity index (χ3n) is 7.16. The number of aromatic nitrogens is 2. The summed E-state index contributed by atoms with van der Waals surface area (Å²) in [6, 6.07) is 18.9. The van der Waals surface area contributed by atoms with Crippen molar-refractivity contribution in [2.75, 3.05) is 20.1 Å². The van der Waals surface area contributed by atoms with E-state index in [1.54, 1.807) is 12.1 Å². The van der Waals surface area contributed by atoms with Gasteiger partial charge >= 0.3 is 0 Å². The molecule has 0 amide bonds. The Morgan fingerprint density at radius 1 is 0.821 bits per heavy atom. The molecule has 39 heavy (non-hydrogen) atoms. The van der Waals surface area contributed by atoms with Crippen LogP contribution in [0.15, 0.2) is 66.9 Å². The second-order valence-electron chi connectivity index (χ2n) is 9.92. The van der Waals surface area contributed by atoms with E-state index in [1.807, 2.05) is 18.3 Å². The van der Waals surface area contributed by atoms with Crippen molar-refractivity contribution in [1.82, 2.24) is 14.5 Å². The summed E-state index contributed by atoms with van der Waals surface area (Å²) >= 11 is 0. The zero-order chi connectivity index (χ0) is 26.6. The number of benzene rings is 3. The fourth-order valence-corrected chi connectivity index (χ4v) is 5.06. The van der Waals surface area contributed by atoms with Gasteiger partial charge in [0.05, 0.1) is 11.9 Å². The van der Waals surface area contributed by atoms with Gasteiger partial charge in [0, 0.05) is 31.7 Å². The molecule has 6 rings (SSSR count). The first-order chi connectivity index (χ1) is 19.2. The SMILES string of the molecule is CCCCn1c(CN(CCc2ccc3c(c2)OCO3)Cc2ccc3c(c2)OCO3)cnc1-c1ccc(F)cc1. The maximum Gasteiger partial charge on any atom is 0.231 e. The van der Waals surface area contributed by atoms with Gasteiger partial charge < -0.3 is 23.5 Å². The number of halogens is 1. The highest BCUT2D eigenvalue weighted by atomic mass is 19.1. The molecule has 0 saturated carbocycles. The smallest absolute Gasteiger partial charge is 0.231 e. The Kier molecular flexibility index (Phi) is 7.36. The molecule has 3 aromatic carbocycles. The number of unbranched alkanes of at least 4 members (excludes halogenated alkanes) is 1. The quantitative estimate of drug-likeness (QED) is 0.231. The fourth-order valence-electron chi connectivity index (χ4n) is 5.06. The van der Waals surface area contributed by atoms with Gasteiger partial charge in [0.15, 0.2) is 23.0 Å². The Bertz CT molecular complexity index is 1440. The highest BCUT2D eigenvalue weighted by Crippen LogP contribution is 2.34. The lowest BCUT2D eigenvalue weighted by molar-refractivity contribution is 0.173. The van der Waals surface area contributed by atoms with Gasteiger partial charge in [-0.3, -0.25) is 4.90 Å². The van der Waals surface area contributed by atoms with Crippen LogP contribution in [0.5, 0.6) is 23.0 Å². The van der Waals surface area contributed by atoms with Crippen LogP contribution in [-0.2, 0) is 26.1 Å². The molecule has 0 saturated heterocycles. The molecular formula is C31H32FN3O4. The monoisotopic (exact) mass is 529 g/mol. The van der Waals surface area contributed by atoms with Gasteiger partial charge in [0.25, 0.3) is 0 Å². The molecule has 1 aromatic heterocycles. The maximum absolute atomic E-state index is 13.6.